The maximum Gasteiger partial charge on any atom is 0.306 e. The van der Waals surface area contributed by atoms with Crippen LogP contribution in [0.15, 0.2) is 24.0 Å². The number of benzene rings is 1. The van der Waals surface area contributed by atoms with E-state index in [9.17, 15) is 18.4 Å². The molecule has 0 spiro atoms. The standard InChI is InChI=1S/C21H30F2N6O3S.C2H6/c1-3-32-19(31)5-4-18(30)28-6-8-29(9-7-28)20-16(22)10-15(11-17(20)23)26-12-14(24)13-27-21(33)25-2;1-2/h10-12,26H,3-9,13,24H2,1-2H3,(H2,25,27,33);1-2H3/b14-12-;. The predicted octanol–water partition coefficient (Wildman–Crippen LogP) is 2.29. The molecule has 1 aromatic rings. The first-order valence-corrected chi connectivity index (χ1v) is 12.0. The van der Waals surface area contributed by atoms with Crippen molar-refractivity contribution in [1.82, 2.24) is 15.5 Å². The molecular weight excluding hydrogens is 478 g/mol. The van der Waals surface area contributed by atoms with Gasteiger partial charge in [-0.2, -0.15) is 0 Å². The number of ether oxygens (including phenoxy) is 1. The Balaban J connectivity index is 0.00000298. The molecule has 196 valence electrons. The summed E-state index contributed by atoms with van der Waals surface area (Å²) in [6, 6.07) is 2.37. The van der Waals surface area contributed by atoms with Gasteiger partial charge in [-0.25, -0.2) is 8.78 Å². The molecule has 1 saturated heterocycles. The number of thiocarbonyl (C=S) groups is 1. The molecule has 1 aliphatic heterocycles. The van der Waals surface area contributed by atoms with Gasteiger partial charge in [0.05, 0.1) is 19.6 Å². The molecular formula is C23H36F2N6O3S. The molecule has 0 unspecified atom stereocenters. The molecule has 1 heterocycles. The molecule has 5 N–H and O–H groups in total. The van der Waals surface area contributed by atoms with Gasteiger partial charge < -0.3 is 36.2 Å². The van der Waals surface area contributed by atoms with E-state index < -0.39 is 17.6 Å². The quantitative estimate of drug-likeness (QED) is 0.291. The van der Waals surface area contributed by atoms with E-state index in [0.717, 1.165) is 0 Å². The van der Waals surface area contributed by atoms with Gasteiger partial charge in [-0.3, -0.25) is 9.59 Å². The third-order valence-electron chi connectivity index (χ3n) is 4.92. The average molecular weight is 515 g/mol. The van der Waals surface area contributed by atoms with Crippen molar-refractivity contribution in [2.75, 3.05) is 56.6 Å². The van der Waals surface area contributed by atoms with Gasteiger partial charge in [-0.1, -0.05) is 13.8 Å². The molecule has 1 fully saturated rings. The minimum atomic E-state index is -0.721. The van der Waals surface area contributed by atoms with Crippen LogP contribution in [-0.2, 0) is 14.3 Å². The molecule has 2 rings (SSSR count). The summed E-state index contributed by atoms with van der Waals surface area (Å²) in [5.74, 6) is -2.05. The molecule has 1 amide bonds. The Morgan fingerprint density at radius 2 is 1.74 bits per heavy atom. The van der Waals surface area contributed by atoms with Crippen LogP contribution in [0.2, 0.25) is 0 Å². The molecule has 0 bridgehead atoms. The monoisotopic (exact) mass is 514 g/mol. The summed E-state index contributed by atoms with van der Waals surface area (Å²) in [7, 11) is 1.67. The maximum atomic E-state index is 14.7. The molecule has 9 nitrogen and oxygen atoms in total. The van der Waals surface area contributed by atoms with Crippen LogP contribution in [0.1, 0.15) is 33.6 Å². The van der Waals surface area contributed by atoms with Crippen LogP contribution in [0, 0.1) is 11.6 Å². The lowest BCUT2D eigenvalue weighted by atomic mass is 10.2. The second-order valence-corrected chi connectivity index (χ2v) is 7.67. The highest BCUT2D eigenvalue weighted by Gasteiger charge is 2.25. The van der Waals surface area contributed by atoms with Crippen molar-refractivity contribution in [3.63, 3.8) is 0 Å². The van der Waals surface area contributed by atoms with E-state index >= 15 is 0 Å². The summed E-state index contributed by atoms with van der Waals surface area (Å²) in [4.78, 5) is 26.8. The number of esters is 1. The van der Waals surface area contributed by atoms with Gasteiger partial charge >= 0.3 is 5.97 Å². The molecule has 35 heavy (non-hydrogen) atoms. The number of rotatable bonds is 9. The number of amides is 1. The van der Waals surface area contributed by atoms with Crippen molar-refractivity contribution in [1.29, 1.82) is 0 Å². The van der Waals surface area contributed by atoms with Gasteiger partial charge in [0.25, 0.3) is 0 Å². The van der Waals surface area contributed by atoms with Gasteiger partial charge in [0.15, 0.2) is 16.7 Å². The third kappa shape index (κ3) is 9.93. The van der Waals surface area contributed by atoms with Crippen molar-refractivity contribution in [3.05, 3.63) is 35.7 Å². The first-order chi connectivity index (χ1) is 16.7. The zero-order chi connectivity index (χ0) is 26.4. The lowest BCUT2D eigenvalue weighted by molar-refractivity contribution is -0.145. The Hall–Kier alpha value is -3.15. The second-order valence-electron chi connectivity index (χ2n) is 7.26. The van der Waals surface area contributed by atoms with E-state index in [2.05, 4.69) is 16.0 Å². The molecule has 1 aromatic carbocycles. The van der Waals surface area contributed by atoms with Gasteiger partial charge in [-0.05, 0) is 31.3 Å². The van der Waals surface area contributed by atoms with Crippen molar-refractivity contribution in [2.24, 2.45) is 5.73 Å². The van der Waals surface area contributed by atoms with Gasteiger partial charge in [-0.15, -0.1) is 0 Å². The summed E-state index contributed by atoms with van der Waals surface area (Å²) >= 11 is 4.95. The van der Waals surface area contributed by atoms with Crippen LogP contribution in [0.25, 0.3) is 0 Å². The highest BCUT2D eigenvalue weighted by molar-refractivity contribution is 7.80. The normalized spacial score (nSPS) is 13.4. The first kappa shape index (κ1) is 29.9. The minimum absolute atomic E-state index is 0.0157. The Bertz CT molecular complexity index is 869. The molecule has 0 saturated carbocycles. The average Bonchev–Trinajstić information content (AvgIpc) is 2.86. The number of hydrogen-bond donors (Lipinski definition) is 4. The van der Waals surface area contributed by atoms with Crippen molar-refractivity contribution >= 4 is 40.6 Å². The molecule has 1 aliphatic rings. The number of piperazine rings is 1. The second kappa shape index (κ2) is 15.7. The van der Waals surface area contributed by atoms with Crippen LogP contribution in [0.4, 0.5) is 20.2 Å². The maximum absolute atomic E-state index is 14.7. The number of carbonyl (C=O) groups excluding carboxylic acids is 2. The van der Waals surface area contributed by atoms with E-state index in [1.54, 1.807) is 23.8 Å². The molecule has 0 aromatic heterocycles. The zero-order valence-corrected chi connectivity index (χ0v) is 21.6. The Morgan fingerprint density at radius 1 is 1.14 bits per heavy atom. The molecule has 0 atom stereocenters. The number of anilines is 2. The van der Waals surface area contributed by atoms with Crippen LogP contribution >= 0.6 is 12.2 Å². The number of carbonyl (C=O) groups is 2. The number of nitrogens with two attached hydrogens (primary N) is 1. The van der Waals surface area contributed by atoms with Crippen LogP contribution in [-0.4, -0.2) is 68.3 Å². The summed E-state index contributed by atoms with van der Waals surface area (Å²) in [6.45, 7) is 7.39. The predicted molar refractivity (Wildman–Crippen MR) is 138 cm³/mol. The molecule has 12 heteroatoms. The topological polar surface area (TPSA) is 112 Å². The summed E-state index contributed by atoms with van der Waals surface area (Å²) in [6.07, 6.45) is 1.50. The lowest BCUT2D eigenvalue weighted by Gasteiger charge is -2.36. The van der Waals surface area contributed by atoms with Crippen molar-refractivity contribution in [2.45, 2.75) is 33.6 Å². The van der Waals surface area contributed by atoms with Gasteiger partial charge in [0.1, 0.15) is 5.69 Å². The van der Waals surface area contributed by atoms with Gasteiger partial charge in [0, 0.05) is 57.2 Å². The fourth-order valence-corrected chi connectivity index (χ4v) is 3.30. The number of nitrogens with zero attached hydrogens (tertiary/aromatic N) is 2. The van der Waals surface area contributed by atoms with Crippen LogP contribution in [0.5, 0.6) is 0 Å². The zero-order valence-electron chi connectivity index (χ0n) is 20.7. The van der Waals surface area contributed by atoms with E-state index in [-0.39, 0.29) is 56.4 Å². The van der Waals surface area contributed by atoms with E-state index in [4.69, 9.17) is 22.7 Å². The third-order valence-corrected chi connectivity index (χ3v) is 5.27. The van der Waals surface area contributed by atoms with Crippen LogP contribution in [0.3, 0.4) is 0 Å². The highest BCUT2D eigenvalue weighted by atomic mass is 32.1. The molecule has 0 aliphatic carbocycles. The fraction of sp³-hybridized carbons (Fsp3) is 0.522. The largest absolute Gasteiger partial charge is 0.466 e. The Kier molecular flexibility index (Phi) is 13.4. The molecule has 0 radical (unpaired) electrons. The van der Waals surface area contributed by atoms with E-state index in [0.29, 0.717) is 23.9 Å². The summed E-state index contributed by atoms with van der Waals surface area (Å²) < 4.78 is 34.2. The fourth-order valence-electron chi connectivity index (χ4n) is 3.23. The number of halogens is 2. The summed E-state index contributed by atoms with van der Waals surface area (Å²) in [5.41, 5.74) is 6.29. The lowest BCUT2D eigenvalue weighted by Crippen LogP contribution is -2.49. The van der Waals surface area contributed by atoms with Crippen molar-refractivity contribution in [3.8, 4) is 0 Å². The van der Waals surface area contributed by atoms with E-state index in [1.165, 1.54) is 18.3 Å². The minimum Gasteiger partial charge on any atom is -0.466 e. The van der Waals surface area contributed by atoms with Crippen LogP contribution < -0.4 is 26.6 Å². The smallest absolute Gasteiger partial charge is 0.306 e. The first-order valence-electron chi connectivity index (χ1n) is 11.6. The Labute approximate surface area is 211 Å². The van der Waals surface area contributed by atoms with Gasteiger partial charge in [0.2, 0.25) is 5.91 Å². The van der Waals surface area contributed by atoms with Crippen molar-refractivity contribution < 1.29 is 23.1 Å². The number of nitrogens with one attached hydrogen (secondary N) is 3. The Morgan fingerprint density at radius 3 is 2.29 bits per heavy atom. The highest BCUT2D eigenvalue weighted by Crippen LogP contribution is 2.28. The number of hydrogen-bond acceptors (Lipinski definition) is 7. The summed E-state index contributed by atoms with van der Waals surface area (Å²) in [5, 5.41) is 8.80. The van der Waals surface area contributed by atoms with E-state index in [1.807, 2.05) is 13.8 Å². The SMILES string of the molecule is CC.CCOC(=O)CCC(=O)N1CCN(c2c(F)cc(N/C=C(\N)CNC(=S)NC)cc2F)CC1.